The largest absolute Gasteiger partial charge is 0.310 e. The molecule has 0 unspecified atom stereocenters. The topological polar surface area (TPSA) is 29.1 Å². The van der Waals surface area contributed by atoms with Gasteiger partial charge in [0.25, 0.3) is 0 Å². The molecule has 0 amide bonds. The van der Waals surface area contributed by atoms with Gasteiger partial charge in [-0.2, -0.15) is 0 Å². The van der Waals surface area contributed by atoms with E-state index in [1.165, 1.54) is 25.7 Å². The van der Waals surface area contributed by atoms with Gasteiger partial charge in [0, 0.05) is 0 Å². The summed E-state index contributed by atoms with van der Waals surface area (Å²) in [6, 6.07) is 0. The first-order valence-corrected chi connectivity index (χ1v) is 3.97. The fraction of sp³-hybridized carbons (Fsp3) is 0.875. The average Bonchev–Trinajstić information content (AvgIpc) is 1.97. The van der Waals surface area contributed by atoms with Crippen LogP contribution < -0.4 is 5.32 Å². The van der Waals surface area contributed by atoms with Crippen LogP contribution in [0.2, 0.25) is 0 Å². The van der Waals surface area contributed by atoms with Crippen LogP contribution in [0, 0.1) is 0 Å². The summed E-state index contributed by atoms with van der Waals surface area (Å²) < 4.78 is 0. The van der Waals surface area contributed by atoms with Gasteiger partial charge in [-0.05, 0) is 13.0 Å². The summed E-state index contributed by atoms with van der Waals surface area (Å²) in [6.45, 7) is 3.52. The molecule has 0 aromatic carbocycles. The van der Waals surface area contributed by atoms with Crippen molar-refractivity contribution in [1.29, 1.82) is 0 Å². The minimum atomic E-state index is 0.381. The average molecular weight is 142 g/mol. The molecule has 0 spiro atoms. The van der Waals surface area contributed by atoms with Crippen molar-refractivity contribution >= 4 is 6.29 Å². The molecule has 0 heterocycles. The molecule has 59 valence electrons. The van der Waals surface area contributed by atoms with E-state index in [0.29, 0.717) is 6.54 Å². The standard InChI is InChI=1S/C8H16NO/c1-2-3-4-5-6-9-7-8-10/h9H,2-7H2,1H3. The van der Waals surface area contributed by atoms with Crippen LogP contribution in [0.25, 0.3) is 0 Å². The van der Waals surface area contributed by atoms with E-state index in [1.54, 1.807) is 6.29 Å². The van der Waals surface area contributed by atoms with Gasteiger partial charge < -0.3 is 5.32 Å². The summed E-state index contributed by atoms with van der Waals surface area (Å²) in [5, 5.41) is 2.97. The third kappa shape index (κ3) is 7.63. The van der Waals surface area contributed by atoms with Crippen molar-refractivity contribution in [2.75, 3.05) is 13.1 Å². The Bertz CT molecular complexity index is 73.7. The highest BCUT2D eigenvalue weighted by Gasteiger charge is 1.86. The van der Waals surface area contributed by atoms with Gasteiger partial charge in [-0.25, -0.2) is 0 Å². The van der Waals surface area contributed by atoms with E-state index < -0.39 is 0 Å². The van der Waals surface area contributed by atoms with E-state index in [2.05, 4.69) is 12.2 Å². The Hall–Kier alpha value is -0.370. The van der Waals surface area contributed by atoms with Gasteiger partial charge in [0.1, 0.15) is 0 Å². The molecule has 0 bridgehead atoms. The van der Waals surface area contributed by atoms with Crippen LogP contribution in [0.15, 0.2) is 0 Å². The number of hydrogen-bond donors (Lipinski definition) is 1. The molecule has 1 radical (unpaired) electrons. The Kier molecular flexibility index (Phi) is 8.31. The van der Waals surface area contributed by atoms with Crippen molar-refractivity contribution in [3.8, 4) is 0 Å². The quantitative estimate of drug-likeness (QED) is 0.542. The number of hydrogen-bond acceptors (Lipinski definition) is 2. The predicted octanol–water partition coefficient (Wildman–Crippen LogP) is 1.27. The fourth-order valence-corrected chi connectivity index (χ4v) is 0.816. The number of unbranched alkanes of at least 4 members (excludes halogenated alkanes) is 3. The normalized spacial score (nSPS) is 9.70. The van der Waals surface area contributed by atoms with E-state index in [4.69, 9.17) is 0 Å². The SMILES string of the molecule is CCCCCCNC[C]=O. The summed E-state index contributed by atoms with van der Waals surface area (Å²) in [4.78, 5) is 9.71. The minimum absolute atomic E-state index is 0.381. The Balaban J connectivity index is 2.70. The third-order valence-corrected chi connectivity index (χ3v) is 1.40. The fourth-order valence-electron chi connectivity index (χ4n) is 0.816. The van der Waals surface area contributed by atoms with E-state index in [0.717, 1.165) is 6.54 Å². The maximum absolute atomic E-state index is 9.71. The molecule has 2 heteroatoms. The van der Waals surface area contributed by atoms with Gasteiger partial charge in [-0.1, -0.05) is 26.2 Å². The first-order valence-electron chi connectivity index (χ1n) is 3.97. The van der Waals surface area contributed by atoms with Crippen molar-refractivity contribution in [3.05, 3.63) is 0 Å². The second kappa shape index (κ2) is 8.63. The van der Waals surface area contributed by atoms with Crippen LogP contribution >= 0.6 is 0 Å². The van der Waals surface area contributed by atoms with Crippen molar-refractivity contribution in [3.63, 3.8) is 0 Å². The van der Waals surface area contributed by atoms with Crippen LogP contribution in [-0.4, -0.2) is 19.4 Å². The van der Waals surface area contributed by atoms with Crippen LogP contribution in [0.3, 0.4) is 0 Å². The zero-order valence-corrected chi connectivity index (χ0v) is 6.65. The van der Waals surface area contributed by atoms with Crippen molar-refractivity contribution < 1.29 is 4.79 Å². The Morgan fingerprint density at radius 2 is 2.10 bits per heavy atom. The van der Waals surface area contributed by atoms with Crippen LogP contribution in [0.4, 0.5) is 0 Å². The molecular formula is C8H16NO. The van der Waals surface area contributed by atoms with Crippen molar-refractivity contribution in [2.24, 2.45) is 0 Å². The highest BCUT2D eigenvalue weighted by molar-refractivity contribution is 5.52. The molecule has 0 aromatic heterocycles. The van der Waals surface area contributed by atoms with Gasteiger partial charge in [0.15, 0.2) is 0 Å². The highest BCUT2D eigenvalue weighted by Crippen LogP contribution is 1.96. The Morgan fingerprint density at radius 3 is 2.70 bits per heavy atom. The molecule has 0 rings (SSSR count). The Morgan fingerprint density at radius 1 is 1.30 bits per heavy atom. The maximum atomic E-state index is 9.71. The molecule has 10 heavy (non-hydrogen) atoms. The van der Waals surface area contributed by atoms with Crippen molar-refractivity contribution in [2.45, 2.75) is 32.6 Å². The molecule has 0 aliphatic heterocycles. The second-order valence-electron chi connectivity index (χ2n) is 2.38. The molecule has 0 fully saturated rings. The smallest absolute Gasteiger partial charge is 0.213 e. The van der Waals surface area contributed by atoms with Gasteiger partial charge in [-0.15, -0.1) is 0 Å². The van der Waals surface area contributed by atoms with Gasteiger partial charge >= 0.3 is 0 Å². The van der Waals surface area contributed by atoms with Crippen LogP contribution in [-0.2, 0) is 4.79 Å². The van der Waals surface area contributed by atoms with E-state index in [1.807, 2.05) is 0 Å². The molecule has 2 nitrogen and oxygen atoms in total. The second-order valence-corrected chi connectivity index (χ2v) is 2.38. The molecule has 0 saturated carbocycles. The van der Waals surface area contributed by atoms with Crippen molar-refractivity contribution in [1.82, 2.24) is 5.32 Å². The first kappa shape index (κ1) is 9.63. The zero-order chi connectivity index (χ0) is 7.66. The molecule has 1 N–H and O–H groups in total. The minimum Gasteiger partial charge on any atom is -0.310 e. The summed E-state index contributed by atoms with van der Waals surface area (Å²) in [5.41, 5.74) is 0. The summed E-state index contributed by atoms with van der Waals surface area (Å²) >= 11 is 0. The number of rotatable bonds is 7. The van der Waals surface area contributed by atoms with E-state index >= 15 is 0 Å². The molecule has 0 atom stereocenters. The lowest BCUT2D eigenvalue weighted by Crippen LogP contribution is -2.17. The lowest BCUT2D eigenvalue weighted by Gasteiger charge is -1.98. The van der Waals surface area contributed by atoms with Crippen LogP contribution in [0.5, 0.6) is 0 Å². The number of nitrogens with one attached hydrogen (secondary N) is 1. The zero-order valence-electron chi connectivity index (χ0n) is 6.65. The molecule has 0 aromatic rings. The van der Waals surface area contributed by atoms with Gasteiger partial charge in [-0.3, -0.25) is 4.79 Å². The first-order chi connectivity index (χ1) is 4.91. The summed E-state index contributed by atoms with van der Waals surface area (Å²) in [6.07, 6.45) is 6.80. The third-order valence-electron chi connectivity index (χ3n) is 1.40. The molecule has 0 aliphatic rings. The maximum Gasteiger partial charge on any atom is 0.213 e. The molecular weight excluding hydrogens is 126 g/mol. The van der Waals surface area contributed by atoms with E-state index in [9.17, 15) is 4.79 Å². The Labute approximate surface area is 63.0 Å². The van der Waals surface area contributed by atoms with Gasteiger partial charge in [0.2, 0.25) is 6.29 Å². The molecule has 0 aliphatic carbocycles. The van der Waals surface area contributed by atoms with E-state index in [-0.39, 0.29) is 0 Å². The van der Waals surface area contributed by atoms with Crippen LogP contribution in [0.1, 0.15) is 32.6 Å². The van der Waals surface area contributed by atoms with Gasteiger partial charge in [0.05, 0.1) is 6.54 Å². The molecule has 0 saturated heterocycles. The monoisotopic (exact) mass is 142 g/mol. The number of carbonyl (C=O) groups excluding carboxylic acids is 1. The summed E-state index contributed by atoms with van der Waals surface area (Å²) in [5.74, 6) is 0. The predicted molar refractivity (Wildman–Crippen MR) is 42.7 cm³/mol. The highest BCUT2D eigenvalue weighted by atomic mass is 16.1. The lowest BCUT2D eigenvalue weighted by molar-refractivity contribution is 0.544. The lowest BCUT2D eigenvalue weighted by atomic mass is 10.2. The summed E-state index contributed by atoms with van der Waals surface area (Å²) in [7, 11) is 0.